The van der Waals surface area contributed by atoms with Crippen LogP contribution in [-0.2, 0) is 11.8 Å². The molecule has 1 aromatic heterocycles. The molecule has 1 aromatic carbocycles. The largest absolute Gasteiger partial charge is 0.497 e. The van der Waals surface area contributed by atoms with Gasteiger partial charge in [-0.1, -0.05) is 17.8 Å². The summed E-state index contributed by atoms with van der Waals surface area (Å²) in [5, 5.41) is 7.25. The lowest BCUT2D eigenvalue weighted by molar-refractivity contribution is -0.116. The Morgan fingerprint density at radius 3 is 3.00 bits per heavy atom. The Bertz CT molecular complexity index is 660. The number of aromatic nitrogens is 2. The number of imidazole rings is 1. The molecule has 1 atom stereocenters. The van der Waals surface area contributed by atoms with Crippen molar-refractivity contribution in [2.75, 3.05) is 24.7 Å². The lowest BCUT2D eigenvalue weighted by Gasteiger charge is -2.14. The van der Waals surface area contributed by atoms with Gasteiger partial charge in [0.25, 0.3) is 0 Å². The highest BCUT2D eigenvalue weighted by Crippen LogP contribution is 2.17. The maximum Gasteiger partial charge on any atom is 0.225 e. The van der Waals surface area contributed by atoms with E-state index in [0.717, 1.165) is 28.9 Å². The van der Waals surface area contributed by atoms with Crippen LogP contribution in [-0.4, -0.2) is 40.9 Å². The third-order valence-electron chi connectivity index (χ3n) is 3.45. The van der Waals surface area contributed by atoms with Gasteiger partial charge in [0.2, 0.25) is 5.91 Å². The highest BCUT2D eigenvalue weighted by Gasteiger charge is 2.09. The van der Waals surface area contributed by atoms with E-state index in [-0.39, 0.29) is 11.9 Å². The average molecular weight is 348 g/mol. The third kappa shape index (κ3) is 5.90. The van der Waals surface area contributed by atoms with E-state index < -0.39 is 0 Å². The standard InChI is InChI=1S/C17H24N4O2S/c1-13(18-8-10-24-17-19-7-9-21(17)2)11-16(22)20-14-5-4-6-15(12-14)23-3/h4-7,9,12-13,18H,8,10-11H2,1-3H3,(H,20,22). The number of hydrogen-bond acceptors (Lipinski definition) is 5. The number of carbonyl (C=O) groups is 1. The highest BCUT2D eigenvalue weighted by atomic mass is 32.2. The molecule has 24 heavy (non-hydrogen) atoms. The number of thioether (sulfide) groups is 1. The van der Waals surface area contributed by atoms with Crippen LogP contribution in [0.1, 0.15) is 13.3 Å². The molecule has 2 rings (SSSR count). The molecule has 2 aromatic rings. The molecule has 0 spiro atoms. The fourth-order valence-corrected chi connectivity index (χ4v) is 3.00. The molecule has 7 heteroatoms. The van der Waals surface area contributed by atoms with Crippen molar-refractivity contribution in [2.24, 2.45) is 7.05 Å². The minimum absolute atomic E-state index is 0.0139. The van der Waals surface area contributed by atoms with Crippen LogP contribution in [0.2, 0.25) is 0 Å². The van der Waals surface area contributed by atoms with Gasteiger partial charge in [-0.25, -0.2) is 4.98 Å². The summed E-state index contributed by atoms with van der Waals surface area (Å²) in [7, 11) is 3.59. The molecular weight excluding hydrogens is 324 g/mol. The van der Waals surface area contributed by atoms with Crippen LogP contribution < -0.4 is 15.4 Å². The van der Waals surface area contributed by atoms with Gasteiger partial charge in [0.15, 0.2) is 5.16 Å². The summed E-state index contributed by atoms with van der Waals surface area (Å²) in [5.74, 6) is 1.62. The summed E-state index contributed by atoms with van der Waals surface area (Å²) >= 11 is 1.70. The number of ether oxygens (including phenoxy) is 1. The quantitative estimate of drug-likeness (QED) is 0.538. The van der Waals surface area contributed by atoms with Gasteiger partial charge in [-0.05, 0) is 19.1 Å². The van der Waals surface area contributed by atoms with Crippen LogP contribution in [0.3, 0.4) is 0 Å². The van der Waals surface area contributed by atoms with Crippen LogP contribution in [0.15, 0.2) is 41.8 Å². The van der Waals surface area contributed by atoms with Gasteiger partial charge in [0, 0.05) is 56.0 Å². The zero-order valence-electron chi connectivity index (χ0n) is 14.3. The van der Waals surface area contributed by atoms with Gasteiger partial charge >= 0.3 is 0 Å². The first-order valence-corrected chi connectivity index (χ1v) is 8.84. The topological polar surface area (TPSA) is 68.2 Å². The first kappa shape index (κ1) is 18.4. The predicted molar refractivity (Wildman–Crippen MR) is 97.6 cm³/mol. The Hall–Kier alpha value is -1.99. The molecule has 130 valence electrons. The average Bonchev–Trinajstić information content (AvgIpc) is 2.96. The van der Waals surface area contributed by atoms with Gasteiger partial charge in [0.05, 0.1) is 7.11 Å². The Morgan fingerprint density at radius 2 is 2.29 bits per heavy atom. The minimum Gasteiger partial charge on any atom is -0.497 e. The summed E-state index contributed by atoms with van der Waals surface area (Å²) < 4.78 is 7.14. The lowest BCUT2D eigenvalue weighted by Crippen LogP contribution is -2.32. The zero-order chi connectivity index (χ0) is 17.4. The van der Waals surface area contributed by atoms with Gasteiger partial charge < -0.3 is 19.9 Å². The molecule has 2 N–H and O–H groups in total. The van der Waals surface area contributed by atoms with E-state index in [1.165, 1.54) is 0 Å². The van der Waals surface area contributed by atoms with Gasteiger partial charge in [-0.3, -0.25) is 4.79 Å². The van der Waals surface area contributed by atoms with Crippen molar-refractivity contribution in [1.29, 1.82) is 0 Å². The number of amides is 1. The van der Waals surface area contributed by atoms with Crippen molar-refractivity contribution in [2.45, 2.75) is 24.5 Å². The number of aryl methyl sites for hydroxylation is 1. The van der Waals surface area contributed by atoms with Crippen molar-refractivity contribution < 1.29 is 9.53 Å². The summed E-state index contributed by atoms with van der Waals surface area (Å²) in [6, 6.07) is 7.46. The predicted octanol–water partition coefficient (Wildman–Crippen LogP) is 2.53. The molecule has 6 nitrogen and oxygen atoms in total. The summed E-state index contributed by atoms with van der Waals surface area (Å²) in [6.45, 7) is 2.84. The molecule has 0 aliphatic heterocycles. The molecule has 0 saturated carbocycles. The molecule has 0 bridgehead atoms. The number of rotatable bonds is 9. The molecule has 1 unspecified atom stereocenters. The Morgan fingerprint density at radius 1 is 1.46 bits per heavy atom. The zero-order valence-corrected chi connectivity index (χ0v) is 15.1. The van der Waals surface area contributed by atoms with Crippen LogP contribution in [0.25, 0.3) is 0 Å². The number of hydrogen-bond donors (Lipinski definition) is 2. The maximum atomic E-state index is 12.1. The molecule has 0 fully saturated rings. The molecule has 0 aliphatic carbocycles. The van der Waals surface area contributed by atoms with E-state index in [4.69, 9.17) is 4.74 Å². The summed E-state index contributed by atoms with van der Waals surface area (Å²) in [6.07, 6.45) is 4.15. The monoisotopic (exact) mass is 348 g/mol. The maximum absolute atomic E-state index is 12.1. The van der Waals surface area contributed by atoms with Crippen molar-refractivity contribution >= 4 is 23.4 Å². The van der Waals surface area contributed by atoms with Crippen LogP contribution in [0.5, 0.6) is 5.75 Å². The highest BCUT2D eigenvalue weighted by molar-refractivity contribution is 7.99. The summed E-state index contributed by atoms with van der Waals surface area (Å²) in [4.78, 5) is 16.3. The Labute approximate surface area is 147 Å². The van der Waals surface area contributed by atoms with Gasteiger partial charge in [-0.15, -0.1) is 0 Å². The minimum atomic E-state index is -0.0139. The number of benzene rings is 1. The van der Waals surface area contributed by atoms with Crippen molar-refractivity contribution in [3.05, 3.63) is 36.7 Å². The molecule has 0 saturated heterocycles. The number of methoxy groups -OCH3 is 1. The molecule has 1 heterocycles. The molecular formula is C17H24N4O2S. The van der Waals surface area contributed by atoms with E-state index >= 15 is 0 Å². The molecule has 0 aliphatic rings. The van der Waals surface area contributed by atoms with Crippen LogP contribution in [0.4, 0.5) is 5.69 Å². The van der Waals surface area contributed by atoms with E-state index in [1.807, 2.05) is 42.9 Å². The Balaban J connectivity index is 1.66. The van der Waals surface area contributed by atoms with E-state index in [2.05, 4.69) is 15.6 Å². The number of nitrogens with zero attached hydrogens (tertiary/aromatic N) is 2. The van der Waals surface area contributed by atoms with E-state index in [1.54, 1.807) is 31.1 Å². The molecule has 1 amide bonds. The van der Waals surface area contributed by atoms with Crippen LogP contribution in [0, 0.1) is 0 Å². The fraction of sp³-hybridized carbons (Fsp3) is 0.412. The Kier molecular flexibility index (Phi) is 7.14. The van der Waals surface area contributed by atoms with Crippen molar-refractivity contribution in [1.82, 2.24) is 14.9 Å². The lowest BCUT2D eigenvalue weighted by atomic mass is 10.2. The smallest absolute Gasteiger partial charge is 0.225 e. The van der Waals surface area contributed by atoms with Crippen molar-refractivity contribution in [3.8, 4) is 5.75 Å². The number of carbonyl (C=O) groups excluding carboxylic acids is 1. The first-order valence-electron chi connectivity index (χ1n) is 7.86. The molecule has 0 radical (unpaired) electrons. The normalized spacial score (nSPS) is 12.0. The SMILES string of the molecule is COc1cccc(NC(=O)CC(C)NCCSc2nccn2C)c1. The second-order valence-electron chi connectivity index (χ2n) is 5.51. The van der Waals surface area contributed by atoms with E-state index in [9.17, 15) is 4.79 Å². The van der Waals surface area contributed by atoms with E-state index in [0.29, 0.717) is 6.42 Å². The van der Waals surface area contributed by atoms with Gasteiger partial charge in [-0.2, -0.15) is 0 Å². The van der Waals surface area contributed by atoms with Crippen LogP contribution >= 0.6 is 11.8 Å². The number of nitrogens with one attached hydrogen (secondary N) is 2. The van der Waals surface area contributed by atoms with Gasteiger partial charge in [0.1, 0.15) is 5.75 Å². The third-order valence-corrected chi connectivity index (χ3v) is 4.51. The second-order valence-corrected chi connectivity index (χ2v) is 6.57. The fourth-order valence-electron chi connectivity index (χ4n) is 2.20. The summed E-state index contributed by atoms with van der Waals surface area (Å²) in [5.41, 5.74) is 0.747. The number of anilines is 1. The first-order chi connectivity index (χ1) is 11.6. The van der Waals surface area contributed by atoms with Crippen molar-refractivity contribution in [3.63, 3.8) is 0 Å². The second kappa shape index (κ2) is 9.34.